The summed E-state index contributed by atoms with van der Waals surface area (Å²) in [6.07, 6.45) is 15.5. The molecule has 2 nitrogen and oxygen atoms in total. The van der Waals surface area contributed by atoms with Crippen LogP contribution in [-0.4, -0.2) is 17.4 Å². The van der Waals surface area contributed by atoms with Crippen LogP contribution in [0.4, 0.5) is 0 Å². The van der Waals surface area contributed by atoms with Crippen LogP contribution in [0, 0.1) is 5.92 Å². The first kappa shape index (κ1) is 13.8. The maximum atomic E-state index is 11.8. The van der Waals surface area contributed by atoms with E-state index in [1.54, 1.807) is 11.1 Å². The summed E-state index contributed by atoms with van der Waals surface area (Å²) in [7, 11) is 0. The van der Waals surface area contributed by atoms with Crippen LogP contribution in [0.5, 0.6) is 0 Å². The predicted molar refractivity (Wildman–Crippen MR) is 72.4 cm³/mol. The number of nitrogens with zero attached hydrogens (tertiary/aromatic N) is 1. The molecule has 17 heavy (non-hydrogen) atoms. The van der Waals surface area contributed by atoms with Gasteiger partial charge in [0.25, 0.3) is 0 Å². The maximum Gasteiger partial charge on any atom is 0.229 e. The van der Waals surface area contributed by atoms with E-state index < -0.39 is 0 Å². The van der Waals surface area contributed by atoms with E-state index in [0.717, 1.165) is 32.1 Å². The van der Waals surface area contributed by atoms with E-state index in [1.807, 2.05) is 0 Å². The molecule has 0 aliphatic heterocycles. The molecule has 0 aromatic rings. The Kier molecular flexibility index (Phi) is 6.38. The van der Waals surface area contributed by atoms with E-state index in [0.29, 0.717) is 6.54 Å². The summed E-state index contributed by atoms with van der Waals surface area (Å²) in [6.45, 7) is 6.49. The molecule has 1 fully saturated rings. The zero-order chi connectivity index (χ0) is 12.5. The summed E-state index contributed by atoms with van der Waals surface area (Å²) in [5, 5.41) is 0. The molecule has 0 unspecified atom stereocenters. The highest BCUT2D eigenvalue weighted by Crippen LogP contribution is 2.30. The largest absolute Gasteiger partial charge is 0.316 e. The third-order valence-corrected chi connectivity index (χ3v) is 2.80. The maximum absolute atomic E-state index is 11.8. The molecule has 0 aromatic heterocycles. The fraction of sp³-hybridized carbons (Fsp3) is 0.533. The minimum Gasteiger partial charge on any atom is -0.316 e. The smallest absolute Gasteiger partial charge is 0.229 e. The van der Waals surface area contributed by atoms with Crippen molar-refractivity contribution in [2.45, 2.75) is 39.0 Å². The van der Waals surface area contributed by atoms with E-state index in [-0.39, 0.29) is 11.8 Å². The number of rotatable bonds is 8. The molecule has 1 aliphatic carbocycles. The lowest BCUT2D eigenvalue weighted by atomic mass is 10.2. The lowest BCUT2D eigenvalue weighted by Gasteiger charge is -2.15. The Hall–Kier alpha value is -1.31. The lowest BCUT2D eigenvalue weighted by molar-refractivity contribution is -0.129. The minimum atomic E-state index is 0.232. The van der Waals surface area contributed by atoms with Gasteiger partial charge in [0.1, 0.15) is 0 Å². The zero-order valence-corrected chi connectivity index (χ0v) is 10.8. The molecule has 0 aromatic carbocycles. The monoisotopic (exact) mass is 233 g/mol. The van der Waals surface area contributed by atoms with Crippen molar-refractivity contribution in [2.75, 3.05) is 6.54 Å². The number of amides is 1. The van der Waals surface area contributed by atoms with Gasteiger partial charge in [0.05, 0.1) is 0 Å². The van der Waals surface area contributed by atoms with Crippen molar-refractivity contribution in [1.82, 2.24) is 4.90 Å². The molecule has 1 saturated carbocycles. The van der Waals surface area contributed by atoms with Crippen molar-refractivity contribution in [1.29, 1.82) is 0 Å². The number of carbonyl (C=O) groups excluding carboxylic acids is 1. The molecule has 0 bridgehead atoms. The zero-order valence-electron chi connectivity index (χ0n) is 10.8. The summed E-state index contributed by atoms with van der Waals surface area (Å²) in [4.78, 5) is 13.5. The second-order valence-electron chi connectivity index (χ2n) is 4.38. The van der Waals surface area contributed by atoms with Gasteiger partial charge >= 0.3 is 0 Å². The normalized spacial score (nSPS) is 15.6. The van der Waals surface area contributed by atoms with Crippen molar-refractivity contribution in [3.63, 3.8) is 0 Å². The molecular formula is C15H23NO. The Bertz CT molecular complexity index is 300. The topological polar surface area (TPSA) is 20.3 Å². The van der Waals surface area contributed by atoms with E-state index in [1.165, 1.54) is 0 Å². The summed E-state index contributed by atoms with van der Waals surface area (Å²) in [5.41, 5.74) is 0. The molecule has 94 valence electrons. The average Bonchev–Trinajstić information content (AvgIpc) is 3.16. The Morgan fingerprint density at radius 2 is 1.88 bits per heavy atom. The van der Waals surface area contributed by atoms with Gasteiger partial charge in [-0.25, -0.2) is 0 Å². The first-order valence-electron chi connectivity index (χ1n) is 6.52. The van der Waals surface area contributed by atoms with Crippen LogP contribution in [-0.2, 0) is 4.79 Å². The third kappa shape index (κ3) is 5.53. The number of carbonyl (C=O) groups is 1. The van der Waals surface area contributed by atoms with Gasteiger partial charge in [0, 0.05) is 12.5 Å². The predicted octanol–water partition coefficient (Wildman–Crippen LogP) is 3.67. The fourth-order valence-electron chi connectivity index (χ4n) is 1.60. The van der Waals surface area contributed by atoms with Crippen LogP contribution >= 0.6 is 0 Å². The van der Waals surface area contributed by atoms with Gasteiger partial charge < -0.3 is 4.90 Å². The fourth-order valence-corrected chi connectivity index (χ4v) is 1.60. The lowest BCUT2D eigenvalue weighted by Crippen LogP contribution is -2.26. The molecule has 1 aliphatic rings. The average molecular weight is 233 g/mol. The van der Waals surface area contributed by atoms with Crippen LogP contribution in [0.25, 0.3) is 0 Å². The van der Waals surface area contributed by atoms with Gasteiger partial charge in [0.2, 0.25) is 5.91 Å². The van der Waals surface area contributed by atoms with Gasteiger partial charge in [0.15, 0.2) is 0 Å². The SMILES string of the molecule is C=CN(CC=CCCC=CCC)C(=O)C1CC1. The molecule has 0 spiro atoms. The molecule has 0 saturated heterocycles. The van der Waals surface area contributed by atoms with Crippen LogP contribution in [0.15, 0.2) is 37.1 Å². The Morgan fingerprint density at radius 1 is 1.24 bits per heavy atom. The highest BCUT2D eigenvalue weighted by molar-refractivity contribution is 5.82. The highest BCUT2D eigenvalue weighted by Gasteiger charge is 2.32. The number of hydrogen-bond donors (Lipinski definition) is 0. The second-order valence-corrected chi connectivity index (χ2v) is 4.38. The van der Waals surface area contributed by atoms with Crippen molar-refractivity contribution < 1.29 is 4.79 Å². The van der Waals surface area contributed by atoms with E-state index in [2.05, 4.69) is 37.8 Å². The molecule has 2 heteroatoms. The third-order valence-electron chi connectivity index (χ3n) is 2.80. The van der Waals surface area contributed by atoms with Gasteiger partial charge in [-0.15, -0.1) is 0 Å². The van der Waals surface area contributed by atoms with Gasteiger partial charge in [-0.1, -0.05) is 37.8 Å². The Labute approximate surface area is 105 Å². The molecular weight excluding hydrogens is 210 g/mol. The molecule has 0 heterocycles. The highest BCUT2D eigenvalue weighted by atomic mass is 16.2. The molecule has 1 amide bonds. The molecule has 0 radical (unpaired) electrons. The minimum absolute atomic E-state index is 0.232. The van der Waals surface area contributed by atoms with Crippen LogP contribution < -0.4 is 0 Å². The number of hydrogen-bond acceptors (Lipinski definition) is 1. The summed E-state index contributed by atoms with van der Waals surface area (Å²) >= 11 is 0. The first-order chi connectivity index (χ1) is 8.29. The summed E-state index contributed by atoms with van der Waals surface area (Å²) < 4.78 is 0. The summed E-state index contributed by atoms with van der Waals surface area (Å²) in [6, 6.07) is 0. The number of allylic oxidation sites excluding steroid dienone is 3. The van der Waals surface area contributed by atoms with Gasteiger partial charge in [-0.2, -0.15) is 0 Å². The van der Waals surface area contributed by atoms with Crippen LogP contribution in [0.2, 0.25) is 0 Å². The quantitative estimate of drug-likeness (QED) is 0.462. The van der Waals surface area contributed by atoms with E-state index in [9.17, 15) is 4.79 Å². The van der Waals surface area contributed by atoms with E-state index in [4.69, 9.17) is 0 Å². The van der Waals surface area contributed by atoms with Crippen molar-refractivity contribution in [3.05, 3.63) is 37.1 Å². The van der Waals surface area contributed by atoms with Crippen molar-refractivity contribution >= 4 is 5.91 Å². The summed E-state index contributed by atoms with van der Waals surface area (Å²) in [5.74, 6) is 0.504. The Balaban J connectivity index is 2.18. The van der Waals surface area contributed by atoms with Gasteiger partial charge in [-0.3, -0.25) is 4.79 Å². The molecule has 0 atom stereocenters. The number of unbranched alkanes of at least 4 members (excludes halogenated alkanes) is 1. The standard InChI is InChI=1S/C15H23NO/c1-3-5-6-7-8-9-10-13-16(4-2)15(17)14-11-12-14/h4-6,9-10,14H,2-3,7-8,11-13H2,1H3. The van der Waals surface area contributed by atoms with Crippen molar-refractivity contribution in [2.24, 2.45) is 5.92 Å². The van der Waals surface area contributed by atoms with E-state index >= 15 is 0 Å². The van der Waals surface area contributed by atoms with Crippen LogP contribution in [0.1, 0.15) is 39.0 Å². The van der Waals surface area contributed by atoms with Crippen LogP contribution in [0.3, 0.4) is 0 Å². The first-order valence-corrected chi connectivity index (χ1v) is 6.52. The molecule has 1 rings (SSSR count). The van der Waals surface area contributed by atoms with Crippen molar-refractivity contribution in [3.8, 4) is 0 Å². The second kappa shape index (κ2) is 7.88. The molecule has 0 N–H and O–H groups in total. The van der Waals surface area contributed by atoms with Gasteiger partial charge in [-0.05, 0) is 38.3 Å². The Morgan fingerprint density at radius 3 is 2.41 bits per heavy atom.